The maximum atomic E-state index is 13.5. The van der Waals surface area contributed by atoms with Crippen molar-refractivity contribution in [1.82, 2.24) is 20.3 Å². The molecule has 9 heteroatoms. The second-order valence-corrected chi connectivity index (χ2v) is 7.93. The van der Waals surface area contributed by atoms with Crippen LogP contribution in [0.3, 0.4) is 0 Å². The molecule has 0 bridgehead atoms. The topological polar surface area (TPSA) is 75.2 Å². The molecule has 2 fully saturated rings. The van der Waals surface area contributed by atoms with Crippen LogP contribution in [0.1, 0.15) is 6.42 Å². The first-order chi connectivity index (χ1) is 15.1. The highest BCUT2D eigenvalue weighted by molar-refractivity contribution is 5.88. The van der Waals surface area contributed by atoms with Gasteiger partial charge in [0, 0.05) is 56.2 Å². The third-order valence-corrected chi connectivity index (χ3v) is 5.66. The average molecular weight is 426 g/mol. The standard InChI is InChI=1S/C22H24F2N6O/c23-22(24)5-9-30(14-22)16-3-1-15(2-4-16)18-11-19-20(27-7-6-26-19)21(29-18)28-13-17-12-25-8-10-31-17/h1-4,6-7,11,17,25H,5,8-10,12-14H2,(H,28,29)/t17-/m0/s1. The van der Waals surface area contributed by atoms with E-state index in [1.807, 2.05) is 30.3 Å². The number of hydrogen-bond acceptors (Lipinski definition) is 7. The number of morpholine rings is 1. The first-order valence-electron chi connectivity index (χ1n) is 10.5. The maximum Gasteiger partial charge on any atom is 0.266 e. The van der Waals surface area contributed by atoms with Crippen LogP contribution in [0.5, 0.6) is 0 Å². The number of ether oxygens (including phenoxy) is 1. The highest BCUT2D eigenvalue weighted by Crippen LogP contribution is 2.32. The summed E-state index contributed by atoms with van der Waals surface area (Å²) in [5, 5.41) is 6.68. The van der Waals surface area contributed by atoms with Crippen LogP contribution >= 0.6 is 0 Å². The summed E-state index contributed by atoms with van der Waals surface area (Å²) >= 11 is 0. The molecule has 1 atom stereocenters. The number of aromatic nitrogens is 3. The van der Waals surface area contributed by atoms with Crippen LogP contribution in [0.15, 0.2) is 42.7 Å². The number of nitrogens with one attached hydrogen (secondary N) is 2. The van der Waals surface area contributed by atoms with Gasteiger partial charge in [0.2, 0.25) is 0 Å². The first kappa shape index (κ1) is 20.0. The zero-order valence-electron chi connectivity index (χ0n) is 17.0. The molecule has 0 aliphatic carbocycles. The summed E-state index contributed by atoms with van der Waals surface area (Å²) in [6, 6.07) is 9.45. The zero-order valence-corrected chi connectivity index (χ0v) is 17.0. The second-order valence-electron chi connectivity index (χ2n) is 7.93. The van der Waals surface area contributed by atoms with Gasteiger partial charge in [-0.05, 0) is 18.2 Å². The quantitative estimate of drug-likeness (QED) is 0.650. The molecule has 0 saturated carbocycles. The Labute approximate surface area is 178 Å². The highest BCUT2D eigenvalue weighted by atomic mass is 19.3. The number of fused-ring (bicyclic) bond motifs is 1. The largest absolute Gasteiger partial charge is 0.374 e. The number of alkyl halides is 2. The van der Waals surface area contributed by atoms with Crippen LogP contribution in [0.25, 0.3) is 22.3 Å². The molecule has 0 amide bonds. The van der Waals surface area contributed by atoms with Crippen LogP contribution in [-0.2, 0) is 4.74 Å². The van der Waals surface area contributed by atoms with E-state index in [0.717, 1.165) is 35.6 Å². The van der Waals surface area contributed by atoms with Crippen LogP contribution in [0.2, 0.25) is 0 Å². The molecule has 5 rings (SSSR count). The molecule has 0 radical (unpaired) electrons. The normalized spacial score (nSPS) is 20.8. The van der Waals surface area contributed by atoms with Crippen LogP contribution < -0.4 is 15.5 Å². The Morgan fingerprint density at radius 2 is 2.03 bits per heavy atom. The molecule has 4 heterocycles. The van der Waals surface area contributed by atoms with Crippen LogP contribution in [-0.4, -0.2) is 66.3 Å². The number of rotatable bonds is 5. The van der Waals surface area contributed by atoms with Gasteiger partial charge in [-0.15, -0.1) is 0 Å². The summed E-state index contributed by atoms with van der Waals surface area (Å²) in [4.78, 5) is 15.4. The predicted octanol–water partition coefficient (Wildman–Crippen LogP) is 2.94. The molecule has 162 valence electrons. The summed E-state index contributed by atoms with van der Waals surface area (Å²) in [6.07, 6.45) is 3.26. The lowest BCUT2D eigenvalue weighted by Gasteiger charge is -2.24. The highest BCUT2D eigenvalue weighted by Gasteiger charge is 2.38. The molecule has 31 heavy (non-hydrogen) atoms. The second kappa shape index (κ2) is 8.32. The zero-order chi connectivity index (χ0) is 21.3. The minimum absolute atomic E-state index is 0.0591. The van der Waals surface area contributed by atoms with E-state index in [4.69, 9.17) is 9.72 Å². The van der Waals surface area contributed by atoms with Crippen molar-refractivity contribution >= 4 is 22.5 Å². The molecule has 2 aliphatic heterocycles. The van der Waals surface area contributed by atoms with Crippen molar-refractivity contribution in [2.75, 3.05) is 49.5 Å². The minimum Gasteiger partial charge on any atom is -0.374 e. The van der Waals surface area contributed by atoms with Crippen molar-refractivity contribution in [1.29, 1.82) is 0 Å². The van der Waals surface area contributed by atoms with Gasteiger partial charge in [-0.2, -0.15) is 0 Å². The minimum atomic E-state index is -2.62. The smallest absolute Gasteiger partial charge is 0.266 e. The summed E-state index contributed by atoms with van der Waals surface area (Å²) in [5.74, 6) is -1.96. The maximum absolute atomic E-state index is 13.5. The van der Waals surface area contributed by atoms with E-state index < -0.39 is 5.92 Å². The average Bonchev–Trinajstić information content (AvgIpc) is 3.17. The molecular weight excluding hydrogens is 402 g/mol. The Morgan fingerprint density at radius 1 is 1.19 bits per heavy atom. The fraction of sp³-hybridized carbons (Fsp3) is 0.409. The van der Waals surface area contributed by atoms with Crippen molar-refractivity contribution in [3.63, 3.8) is 0 Å². The lowest BCUT2D eigenvalue weighted by atomic mass is 10.1. The Morgan fingerprint density at radius 3 is 2.77 bits per heavy atom. The molecule has 2 saturated heterocycles. The molecule has 3 aromatic rings. The fourth-order valence-electron chi connectivity index (χ4n) is 4.00. The third kappa shape index (κ3) is 4.42. The van der Waals surface area contributed by atoms with Crippen molar-refractivity contribution in [3.05, 3.63) is 42.7 Å². The number of benzene rings is 1. The summed E-state index contributed by atoms with van der Waals surface area (Å²) in [7, 11) is 0. The van der Waals surface area contributed by atoms with Crippen molar-refractivity contribution < 1.29 is 13.5 Å². The molecule has 2 aromatic heterocycles. The van der Waals surface area contributed by atoms with Crippen molar-refractivity contribution in [3.8, 4) is 11.3 Å². The molecular formula is C22H24F2N6O. The number of halogens is 2. The van der Waals surface area contributed by atoms with Crippen molar-refractivity contribution in [2.45, 2.75) is 18.4 Å². The number of nitrogens with zero attached hydrogens (tertiary/aromatic N) is 4. The van der Waals surface area contributed by atoms with E-state index in [1.54, 1.807) is 17.3 Å². The number of pyridine rings is 1. The number of anilines is 2. The van der Waals surface area contributed by atoms with E-state index >= 15 is 0 Å². The van der Waals surface area contributed by atoms with E-state index in [9.17, 15) is 8.78 Å². The molecule has 1 aromatic carbocycles. The third-order valence-electron chi connectivity index (χ3n) is 5.66. The summed E-state index contributed by atoms with van der Waals surface area (Å²) in [5.41, 5.74) is 3.87. The molecule has 2 aliphatic rings. The molecule has 2 N–H and O–H groups in total. The SMILES string of the molecule is FC1(F)CCN(c2ccc(-c3cc4nccnc4c(NC[C@@H]4CNCCO4)n3)cc2)C1. The summed E-state index contributed by atoms with van der Waals surface area (Å²) in [6.45, 7) is 3.08. The van der Waals surface area contributed by atoms with Gasteiger partial charge in [-0.3, -0.25) is 4.98 Å². The Balaban J connectivity index is 1.40. The molecule has 0 spiro atoms. The first-order valence-corrected chi connectivity index (χ1v) is 10.5. The Hall–Kier alpha value is -2.91. The van der Waals surface area contributed by atoms with Gasteiger partial charge < -0.3 is 20.3 Å². The lowest BCUT2D eigenvalue weighted by molar-refractivity contribution is 0.0257. The fourth-order valence-corrected chi connectivity index (χ4v) is 4.00. The van der Waals surface area contributed by atoms with Gasteiger partial charge >= 0.3 is 0 Å². The van der Waals surface area contributed by atoms with Gasteiger partial charge in [-0.25, -0.2) is 18.7 Å². The van der Waals surface area contributed by atoms with Gasteiger partial charge in [0.1, 0.15) is 5.52 Å². The van der Waals surface area contributed by atoms with Gasteiger partial charge in [-0.1, -0.05) is 12.1 Å². The molecule has 7 nitrogen and oxygen atoms in total. The summed E-state index contributed by atoms with van der Waals surface area (Å²) < 4.78 is 32.8. The van der Waals surface area contributed by atoms with E-state index in [2.05, 4.69) is 20.6 Å². The molecule has 0 unspecified atom stereocenters. The Kier molecular flexibility index (Phi) is 5.37. The van der Waals surface area contributed by atoms with Crippen LogP contribution in [0, 0.1) is 0 Å². The monoisotopic (exact) mass is 426 g/mol. The van der Waals surface area contributed by atoms with Crippen molar-refractivity contribution in [2.24, 2.45) is 0 Å². The van der Waals surface area contributed by atoms with E-state index in [0.29, 0.717) is 31.0 Å². The van der Waals surface area contributed by atoms with Gasteiger partial charge in [0.25, 0.3) is 5.92 Å². The predicted molar refractivity (Wildman–Crippen MR) is 116 cm³/mol. The van der Waals surface area contributed by atoms with Crippen LogP contribution in [0.4, 0.5) is 20.3 Å². The lowest BCUT2D eigenvalue weighted by Crippen LogP contribution is -2.42. The number of hydrogen-bond donors (Lipinski definition) is 2. The van der Waals surface area contributed by atoms with Gasteiger partial charge in [0.05, 0.1) is 30.5 Å². The van der Waals surface area contributed by atoms with E-state index in [1.165, 1.54) is 0 Å². The van der Waals surface area contributed by atoms with E-state index in [-0.39, 0.29) is 19.1 Å². The van der Waals surface area contributed by atoms with Gasteiger partial charge in [0.15, 0.2) is 5.82 Å². The Bertz CT molecular complexity index is 1060.